The Morgan fingerprint density at radius 1 is 1.45 bits per heavy atom. The Balaban J connectivity index is 2.14. The lowest BCUT2D eigenvalue weighted by Crippen LogP contribution is -1.98. The van der Waals surface area contributed by atoms with Crippen molar-refractivity contribution >= 4 is 28.7 Å². The monoisotopic (exact) mass is 309 g/mol. The Labute approximate surface area is 127 Å². The number of halogens is 1. The molecule has 0 amide bonds. The SMILES string of the molecule is CC(=O)c1sc(COc2cccc(Cl)c2)nc1C(C)C. The molecule has 1 aromatic carbocycles. The molecule has 106 valence electrons. The molecule has 0 fully saturated rings. The molecular formula is C15H16ClNO2S. The fraction of sp³-hybridized carbons (Fsp3) is 0.333. The number of ether oxygens (including phenoxy) is 1. The highest BCUT2D eigenvalue weighted by atomic mass is 35.5. The molecule has 0 unspecified atom stereocenters. The average molecular weight is 310 g/mol. The van der Waals surface area contributed by atoms with E-state index in [0.717, 1.165) is 15.6 Å². The topological polar surface area (TPSA) is 39.2 Å². The first-order valence-corrected chi connectivity index (χ1v) is 7.55. The van der Waals surface area contributed by atoms with Crippen LogP contribution < -0.4 is 4.74 Å². The Bertz CT molecular complexity index is 622. The summed E-state index contributed by atoms with van der Waals surface area (Å²) >= 11 is 7.30. The molecule has 1 aromatic heterocycles. The van der Waals surface area contributed by atoms with E-state index in [0.29, 0.717) is 17.4 Å². The standard InChI is InChI=1S/C15H16ClNO2S/c1-9(2)14-15(10(3)18)20-13(17-14)8-19-12-6-4-5-11(16)7-12/h4-7,9H,8H2,1-3H3. The van der Waals surface area contributed by atoms with Gasteiger partial charge in [0.1, 0.15) is 17.4 Å². The largest absolute Gasteiger partial charge is 0.486 e. The van der Waals surface area contributed by atoms with Crippen LogP contribution in [0.5, 0.6) is 5.75 Å². The number of rotatable bonds is 5. The molecule has 0 saturated carbocycles. The number of thiazole rings is 1. The lowest BCUT2D eigenvalue weighted by Gasteiger charge is -2.04. The number of ketones is 1. The summed E-state index contributed by atoms with van der Waals surface area (Å²) in [5.74, 6) is 0.980. The minimum Gasteiger partial charge on any atom is -0.486 e. The summed E-state index contributed by atoms with van der Waals surface area (Å²) in [5, 5.41) is 1.44. The molecule has 0 aliphatic rings. The van der Waals surface area contributed by atoms with Crippen LogP contribution in [0.4, 0.5) is 0 Å². The Kier molecular flexibility index (Phi) is 4.78. The number of carbonyl (C=O) groups excluding carboxylic acids is 1. The number of aromatic nitrogens is 1. The lowest BCUT2D eigenvalue weighted by molar-refractivity contribution is 0.102. The molecule has 0 radical (unpaired) electrons. The zero-order chi connectivity index (χ0) is 14.7. The van der Waals surface area contributed by atoms with Crippen LogP contribution in [0.25, 0.3) is 0 Å². The van der Waals surface area contributed by atoms with E-state index >= 15 is 0 Å². The van der Waals surface area contributed by atoms with Crippen LogP contribution in [-0.4, -0.2) is 10.8 Å². The predicted octanol–water partition coefficient (Wildman–Crippen LogP) is 4.70. The molecule has 20 heavy (non-hydrogen) atoms. The molecule has 0 N–H and O–H groups in total. The summed E-state index contributed by atoms with van der Waals surface area (Å²) in [6.45, 7) is 5.98. The van der Waals surface area contributed by atoms with Gasteiger partial charge < -0.3 is 4.74 Å². The number of hydrogen-bond donors (Lipinski definition) is 0. The lowest BCUT2D eigenvalue weighted by atomic mass is 10.1. The van der Waals surface area contributed by atoms with Crippen LogP contribution in [0.15, 0.2) is 24.3 Å². The maximum absolute atomic E-state index is 11.6. The first-order valence-electron chi connectivity index (χ1n) is 6.36. The summed E-state index contributed by atoms with van der Waals surface area (Å²) in [4.78, 5) is 16.8. The molecule has 5 heteroatoms. The fourth-order valence-corrected chi connectivity index (χ4v) is 2.99. The first-order chi connectivity index (χ1) is 9.47. The van der Waals surface area contributed by atoms with Crippen molar-refractivity contribution in [2.75, 3.05) is 0 Å². The number of benzene rings is 1. The third-order valence-corrected chi connectivity index (χ3v) is 4.10. The number of nitrogens with zero attached hydrogens (tertiary/aromatic N) is 1. The first kappa shape index (κ1) is 15.0. The summed E-state index contributed by atoms with van der Waals surface area (Å²) in [6.07, 6.45) is 0. The second-order valence-electron chi connectivity index (χ2n) is 4.78. The van der Waals surface area contributed by atoms with E-state index in [1.807, 2.05) is 26.0 Å². The number of Topliss-reactive ketones (excluding diaryl/α,β-unsaturated/α-hetero) is 1. The zero-order valence-electron chi connectivity index (χ0n) is 11.6. The fourth-order valence-electron chi connectivity index (χ4n) is 1.79. The van der Waals surface area contributed by atoms with Gasteiger partial charge >= 0.3 is 0 Å². The van der Waals surface area contributed by atoms with Crippen molar-refractivity contribution in [3.8, 4) is 5.75 Å². The van der Waals surface area contributed by atoms with Gasteiger partial charge in [-0.2, -0.15) is 0 Å². The molecule has 0 spiro atoms. The van der Waals surface area contributed by atoms with Crippen molar-refractivity contribution in [2.45, 2.75) is 33.3 Å². The van der Waals surface area contributed by atoms with Crippen LogP contribution in [0.2, 0.25) is 5.02 Å². The Hall–Kier alpha value is -1.39. The van der Waals surface area contributed by atoms with Crippen LogP contribution in [0.1, 0.15) is 47.1 Å². The predicted molar refractivity (Wildman–Crippen MR) is 82.0 cm³/mol. The molecule has 1 heterocycles. The van der Waals surface area contributed by atoms with Gasteiger partial charge in [0, 0.05) is 11.9 Å². The highest BCUT2D eigenvalue weighted by Crippen LogP contribution is 2.27. The molecule has 0 aliphatic carbocycles. The van der Waals surface area contributed by atoms with E-state index in [4.69, 9.17) is 16.3 Å². The molecule has 3 nitrogen and oxygen atoms in total. The van der Waals surface area contributed by atoms with E-state index in [1.165, 1.54) is 11.3 Å². The maximum Gasteiger partial charge on any atom is 0.171 e. The summed E-state index contributed by atoms with van der Waals surface area (Å²) in [5.41, 5.74) is 0.854. The van der Waals surface area contributed by atoms with Crippen molar-refractivity contribution in [1.82, 2.24) is 4.98 Å². The van der Waals surface area contributed by atoms with Gasteiger partial charge in [-0.15, -0.1) is 11.3 Å². The maximum atomic E-state index is 11.6. The van der Waals surface area contributed by atoms with Gasteiger partial charge in [-0.25, -0.2) is 4.98 Å². The van der Waals surface area contributed by atoms with Gasteiger partial charge in [0.05, 0.1) is 10.6 Å². The second kappa shape index (κ2) is 6.37. The molecule has 0 bridgehead atoms. The third-order valence-electron chi connectivity index (χ3n) is 2.72. The van der Waals surface area contributed by atoms with Crippen molar-refractivity contribution in [1.29, 1.82) is 0 Å². The van der Waals surface area contributed by atoms with Crippen molar-refractivity contribution < 1.29 is 9.53 Å². The van der Waals surface area contributed by atoms with Crippen molar-refractivity contribution in [3.05, 3.63) is 44.9 Å². The molecular weight excluding hydrogens is 294 g/mol. The number of hydrogen-bond acceptors (Lipinski definition) is 4. The summed E-state index contributed by atoms with van der Waals surface area (Å²) in [6, 6.07) is 7.22. The van der Waals surface area contributed by atoms with Gasteiger partial charge in [-0.3, -0.25) is 4.79 Å². The van der Waals surface area contributed by atoms with E-state index in [2.05, 4.69) is 4.98 Å². The van der Waals surface area contributed by atoms with Gasteiger partial charge in [0.2, 0.25) is 0 Å². The minimum atomic E-state index is 0.0557. The summed E-state index contributed by atoms with van der Waals surface area (Å²) in [7, 11) is 0. The minimum absolute atomic E-state index is 0.0557. The van der Waals surface area contributed by atoms with Crippen molar-refractivity contribution in [2.24, 2.45) is 0 Å². The molecule has 0 atom stereocenters. The molecule has 2 aromatic rings. The van der Waals surface area contributed by atoms with Crippen LogP contribution in [0, 0.1) is 0 Å². The van der Waals surface area contributed by atoms with E-state index in [-0.39, 0.29) is 11.7 Å². The third kappa shape index (κ3) is 3.58. The van der Waals surface area contributed by atoms with Gasteiger partial charge in [-0.1, -0.05) is 31.5 Å². The van der Waals surface area contributed by atoms with Crippen LogP contribution in [0.3, 0.4) is 0 Å². The average Bonchev–Trinajstić information content (AvgIpc) is 2.81. The highest BCUT2D eigenvalue weighted by molar-refractivity contribution is 7.13. The van der Waals surface area contributed by atoms with E-state index in [9.17, 15) is 4.79 Å². The second-order valence-corrected chi connectivity index (χ2v) is 6.30. The van der Waals surface area contributed by atoms with E-state index in [1.54, 1.807) is 19.1 Å². The summed E-state index contributed by atoms with van der Waals surface area (Å²) < 4.78 is 5.65. The Morgan fingerprint density at radius 3 is 2.75 bits per heavy atom. The quantitative estimate of drug-likeness (QED) is 0.751. The van der Waals surface area contributed by atoms with E-state index < -0.39 is 0 Å². The Morgan fingerprint density at radius 2 is 2.20 bits per heavy atom. The van der Waals surface area contributed by atoms with Gasteiger partial charge in [-0.05, 0) is 24.1 Å². The normalized spacial score (nSPS) is 10.8. The van der Waals surface area contributed by atoms with Crippen molar-refractivity contribution in [3.63, 3.8) is 0 Å². The van der Waals surface area contributed by atoms with Gasteiger partial charge in [0.25, 0.3) is 0 Å². The molecule has 2 rings (SSSR count). The zero-order valence-corrected chi connectivity index (χ0v) is 13.2. The van der Waals surface area contributed by atoms with Gasteiger partial charge in [0.15, 0.2) is 5.78 Å². The van der Waals surface area contributed by atoms with Crippen LogP contribution >= 0.6 is 22.9 Å². The van der Waals surface area contributed by atoms with Crippen LogP contribution in [-0.2, 0) is 6.61 Å². The molecule has 0 aliphatic heterocycles. The molecule has 0 saturated heterocycles. The number of carbonyl (C=O) groups is 1. The smallest absolute Gasteiger partial charge is 0.171 e. The highest BCUT2D eigenvalue weighted by Gasteiger charge is 2.17.